The molecular formula is C52H96O6. The minimum absolute atomic E-state index is 0.0738. The van der Waals surface area contributed by atoms with Crippen LogP contribution in [0.15, 0.2) is 24.3 Å². The quantitative estimate of drug-likeness (QED) is 0.0263. The maximum Gasteiger partial charge on any atom is 0.306 e. The zero-order valence-electron chi connectivity index (χ0n) is 38.8. The summed E-state index contributed by atoms with van der Waals surface area (Å²) in [5.74, 6) is -0.883. The van der Waals surface area contributed by atoms with Crippen molar-refractivity contribution in [2.75, 3.05) is 13.2 Å². The van der Waals surface area contributed by atoms with Gasteiger partial charge >= 0.3 is 17.9 Å². The fourth-order valence-corrected chi connectivity index (χ4v) is 7.32. The van der Waals surface area contributed by atoms with E-state index in [1.807, 2.05) is 0 Å². The van der Waals surface area contributed by atoms with Gasteiger partial charge in [-0.1, -0.05) is 212 Å². The van der Waals surface area contributed by atoms with Gasteiger partial charge in [-0.3, -0.25) is 14.4 Å². The summed E-state index contributed by atoms with van der Waals surface area (Å²) in [6, 6.07) is 0. The summed E-state index contributed by atoms with van der Waals surface area (Å²) in [6.45, 7) is 6.57. The highest BCUT2D eigenvalue weighted by atomic mass is 16.6. The third-order valence-corrected chi connectivity index (χ3v) is 11.2. The maximum absolute atomic E-state index is 12.7. The number of ether oxygens (including phenoxy) is 3. The van der Waals surface area contributed by atoms with E-state index in [4.69, 9.17) is 14.2 Å². The molecule has 0 saturated carbocycles. The van der Waals surface area contributed by atoms with Crippen LogP contribution in [0.3, 0.4) is 0 Å². The lowest BCUT2D eigenvalue weighted by Gasteiger charge is -2.18. The third-order valence-electron chi connectivity index (χ3n) is 11.2. The van der Waals surface area contributed by atoms with Crippen LogP contribution in [0.25, 0.3) is 0 Å². The maximum atomic E-state index is 12.7. The normalized spacial score (nSPS) is 12.1. The third kappa shape index (κ3) is 45.0. The number of unbranched alkanes of at least 4 members (excludes halogenated alkanes) is 31. The van der Waals surface area contributed by atoms with E-state index >= 15 is 0 Å². The van der Waals surface area contributed by atoms with Gasteiger partial charge in [0.1, 0.15) is 13.2 Å². The molecule has 0 aromatic heterocycles. The molecule has 0 heterocycles. The van der Waals surface area contributed by atoms with Gasteiger partial charge in [-0.05, 0) is 64.2 Å². The van der Waals surface area contributed by atoms with Gasteiger partial charge in [0.05, 0.1) is 0 Å². The molecule has 0 aliphatic rings. The first-order chi connectivity index (χ1) is 28.5. The Morgan fingerprint density at radius 1 is 0.328 bits per heavy atom. The number of hydrogen-bond acceptors (Lipinski definition) is 6. The van der Waals surface area contributed by atoms with Crippen LogP contribution in [-0.4, -0.2) is 37.2 Å². The molecule has 0 aliphatic carbocycles. The Hall–Kier alpha value is -2.11. The van der Waals surface area contributed by atoms with Crippen molar-refractivity contribution in [1.29, 1.82) is 0 Å². The zero-order valence-corrected chi connectivity index (χ0v) is 38.8. The smallest absolute Gasteiger partial charge is 0.306 e. The predicted octanol–water partition coefficient (Wildman–Crippen LogP) is 16.4. The second-order valence-corrected chi connectivity index (χ2v) is 17.1. The first kappa shape index (κ1) is 55.9. The van der Waals surface area contributed by atoms with Gasteiger partial charge in [-0.15, -0.1) is 0 Å². The van der Waals surface area contributed by atoms with Gasteiger partial charge in [0.2, 0.25) is 0 Å². The molecule has 0 amide bonds. The van der Waals surface area contributed by atoms with E-state index < -0.39 is 6.10 Å². The van der Waals surface area contributed by atoms with Crippen LogP contribution >= 0.6 is 0 Å². The van der Waals surface area contributed by atoms with Crippen LogP contribution in [-0.2, 0) is 28.6 Å². The number of esters is 3. The lowest BCUT2D eigenvalue weighted by Crippen LogP contribution is -2.30. The van der Waals surface area contributed by atoms with Crippen molar-refractivity contribution < 1.29 is 28.6 Å². The number of rotatable bonds is 46. The minimum atomic E-state index is -0.773. The first-order valence-corrected chi connectivity index (χ1v) is 25.3. The Labute approximate surface area is 360 Å². The van der Waals surface area contributed by atoms with Gasteiger partial charge in [0.15, 0.2) is 6.10 Å². The number of carbonyl (C=O) groups is 3. The number of hydrogen-bond donors (Lipinski definition) is 0. The first-order valence-electron chi connectivity index (χ1n) is 25.3. The molecule has 0 spiro atoms. The molecular weight excluding hydrogens is 721 g/mol. The average molecular weight is 817 g/mol. The topological polar surface area (TPSA) is 78.9 Å². The Morgan fingerprint density at radius 3 is 0.948 bits per heavy atom. The highest BCUT2D eigenvalue weighted by Gasteiger charge is 2.19. The van der Waals surface area contributed by atoms with Crippen LogP contribution in [0.4, 0.5) is 0 Å². The molecule has 58 heavy (non-hydrogen) atoms. The Kier molecular flexibility index (Phi) is 45.8. The molecule has 6 heteroatoms. The average Bonchev–Trinajstić information content (AvgIpc) is 3.22. The van der Waals surface area contributed by atoms with E-state index in [0.717, 1.165) is 77.0 Å². The van der Waals surface area contributed by atoms with Gasteiger partial charge in [-0.25, -0.2) is 0 Å². The Bertz CT molecular complexity index is 942. The van der Waals surface area contributed by atoms with Crippen LogP contribution < -0.4 is 0 Å². The molecule has 0 saturated heterocycles. The molecule has 340 valence electrons. The lowest BCUT2D eigenvalue weighted by molar-refractivity contribution is -0.167. The fraction of sp³-hybridized carbons (Fsp3) is 0.865. The summed E-state index contributed by atoms with van der Waals surface area (Å²) in [4.78, 5) is 37.8. The van der Waals surface area contributed by atoms with Crippen molar-refractivity contribution >= 4 is 17.9 Å². The van der Waals surface area contributed by atoms with Crippen LogP contribution in [0.2, 0.25) is 0 Å². The number of allylic oxidation sites excluding steroid dienone is 4. The highest BCUT2D eigenvalue weighted by molar-refractivity contribution is 5.71. The van der Waals surface area contributed by atoms with E-state index in [0.29, 0.717) is 19.3 Å². The molecule has 0 N–H and O–H groups in total. The fourth-order valence-electron chi connectivity index (χ4n) is 7.32. The zero-order chi connectivity index (χ0) is 42.3. The molecule has 0 aromatic rings. The van der Waals surface area contributed by atoms with E-state index in [1.165, 1.54) is 154 Å². The van der Waals surface area contributed by atoms with Gasteiger partial charge in [-0.2, -0.15) is 0 Å². The van der Waals surface area contributed by atoms with Gasteiger partial charge in [0.25, 0.3) is 0 Å². The molecule has 0 rings (SSSR count). The molecule has 6 nitrogen and oxygen atoms in total. The predicted molar refractivity (Wildman–Crippen MR) is 247 cm³/mol. The summed E-state index contributed by atoms with van der Waals surface area (Å²) in [7, 11) is 0. The molecule has 1 unspecified atom stereocenters. The summed E-state index contributed by atoms with van der Waals surface area (Å²) < 4.78 is 16.7. The minimum Gasteiger partial charge on any atom is -0.462 e. The van der Waals surface area contributed by atoms with Crippen molar-refractivity contribution in [3.05, 3.63) is 24.3 Å². The number of carbonyl (C=O) groups excluding carboxylic acids is 3. The second kappa shape index (κ2) is 47.6. The summed E-state index contributed by atoms with van der Waals surface area (Å²) in [5, 5.41) is 0. The SMILES string of the molecule is CCC/C=C\CCCCCCCC(=O)OCC(COC(=O)CCCCCCCCCCCCCCCCCCC)OC(=O)CCCCCCC/C=C\CCCCCC. The van der Waals surface area contributed by atoms with E-state index in [1.54, 1.807) is 0 Å². The largest absolute Gasteiger partial charge is 0.462 e. The van der Waals surface area contributed by atoms with Gasteiger partial charge in [0, 0.05) is 19.3 Å². The van der Waals surface area contributed by atoms with Crippen LogP contribution in [0.5, 0.6) is 0 Å². The Morgan fingerprint density at radius 2 is 0.603 bits per heavy atom. The standard InChI is InChI=1S/C52H96O6/c1-4-7-10-13-16-19-22-24-25-26-27-29-30-33-36-39-42-45-51(54)57-48-49(47-56-50(53)44-41-38-35-32-21-18-15-12-9-6-3)58-52(55)46-43-40-37-34-31-28-23-20-17-14-11-8-5-2/h12,15,20,23,49H,4-11,13-14,16-19,21-22,24-48H2,1-3H3/b15-12-,23-20-. The van der Waals surface area contributed by atoms with E-state index in [-0.39, 0.29) is 31.1 Å². The van der Waals surface area contributed by atoms with E-state index in [2.05, 4.69) is 45.1 Å². The summed E-state index contributed by atoms with van der Waals surface area (Å²) in [5.41, 5.74) is 0. The molecule has 0 radical (unpaired) electrons. The molecule has 0 bridgehead atoms. The van der Waals surface area contributed by atoms with E-state index in [9.17, 15) is 14.4 Å². The van der Waals surface area contributed by atoms with Crippen molar-refractivity contribution in [2.24, 2.45) is 0 Å². The summed E-state index contributed by atoms with van der Waals surface area (Å²) >= 11 is 0. The highest BCUT2D eigenvalue weighted by Crippen LogP contribution is 2.16. The van der Waals surface area contributed by atoms with Crippen molar-refractivity contribution in [2.45, 2.75) is 277 Å². The van der Waals surface area contributed by atoms with Crippen molar-refractivity contribution in [3.63, 3.8) is 0 Å². The van der Waals surface area contributed by atoms with Crippen molar-refractivity contribution in [3.8, 4) is 0 Å². The van der Waals surface area contributed by atoms with Crippen LogP contribution in [0, 0.1) is 0 Å². The summed E-state index contributed by atoms with van der Waals surface area (Å²) in [6.07, 6.45) is 53.1. The monoisotopic (exact) mass is 817 g/mol. The van der Waals surface area contributed by atoms with Crippen molar-refractivity contribution in [1.82, 2.24) is 0 Å². The molecule has 0 aromatic carbocycles. The van der Waals surface area contributed by atoms with Gasteiger partial charge < -0.3 is 14.2 Å². The molecule has 1 atom stereocenters. The second-order valence-electron chi connectivity index (χ2n) is 17.1. The van der Waals surface area contributed by atoms with Crippen LogP contribution in [0.1, 0.15) is 271 Å². The Balaban J connectivity index is 4.30. The lowest BCUT2D eigenvalue weighted by atomic mass is 10.0. The molecule has 0 fully saturated rings. The molecule has 0 aliphatic heterocycles.